The summed E-state index contributed by atoms with van der Waals surface area (Å²) >= 11 is 0. The smallest absolute Gasteiger partial charge is 0.348 e. The van der Waals surface area contributed by atoms with Crippen molar-refractivity contribution in [3.8, 4) is 0 Å². The van der Waals surface area contributed by atoms with Gasteiger partial charge in [0.1, 0.15) is 6.10 Å². The van der Waals surface area contributed by atoms with Crippen LogP contribution in [-0.2, 0) is 19.9 Å². The Morgan fingerprint density at radius 3 is 2.14 bits per heavy atom. The van der Waals surface area contributed by atoms with Crippen molar-refractivity contribution in [3.63, 3.8) is 0 Å². The van der Waals surface area contributed by atoms with Gasteiger partial charge in [0, 0.05) is 18.7 Å². The molecule has 0 saturated carbocycles. The number of ether oxygens (including phenoxy) is 2. The third-order valence-corrected chi connectivity index (χ3v) is 6.54. The molecule has 4 rings (SSSR count). The maximum absolute atomic E-state index is 13.9. The predicted molar refractivity (Wildman–Crippen MR) is 114 cm³/mol. The molecule has 0 radical (unpaired) electrons. The van der Waals surface area contributed by atoms with Gasteiger partial charge < -0.3 is 9.47 Å². The van der Waals surface area contributed by atoms with Crippen LogP contribution in [0, 0.1) is 0 Å². The van der Waals surface area contributed by atoms with Gasteiger partial charge in [-0.1, -0.05) is 67.6 Å². The van der Waals surface area contributed by atoms with Crippen molar-refractivity contribution < 1.29 is 14.3 Å². The summed E-state index contributed by atoms with van der Waals surface area (Å²) in [4.78, 5) is 16.3. The van der Waals surface area contributed by atoms with Crippen molar-refractivity contribution in [2.75, 3.05) is 13.7 Å². The number of esters is 1. The standard InChI is InChI=1S/C25H31NO3/c1-3-18-28-25(19-10-6-4-7-11-19,20-12-8-5-9-13-20)24(27)29-23-17-15-21-14-16-22(23)26(21)2/h4-13,21-23H,3,14-18H2,1-2H3/t21-,22+,23+/m0/s1. The summed E-state index contributed by atoms with van der Waals surface area (Å²) in [5.74, 6) is -0.299. The molecule has 2 heterocycles. The Morgan fingerprint density at radius 2 is 1.55 bits per heavy atom. The molecule has 2 aromatic carbocycles. The first kappa shape index (κ1) is 20.1. The van der Waals surface area contributed by atoms with Crippen molar-refractivity contribution in [2.24, 2.45) is 0 Å². The Morgan fingerprint density at radius 1 is 0.966 bits per heavy atom. The summed E-state index contributed by atoms with van der Waals surface area (Å²) in [5, 5.41) is 0. The summed E-state index contributed by atoms with van der Waals surface area (Å²) in [5.41, 5.74) is 0.392. The van der Waals surface area contributed by atoms with Crippen LogP contribution < -0.4 is 0 Å². The maximum Gasteiger partial charge on any atom is 0.348 e. The fourth-order valence-electron chi connectivity index (χ4n) is 4.97. The minimum absolute atomic E-state index is 0.0803. The number of hydrogen-bond donors (Lipinski definition) is 0. The van der Waals surface area contributed by atoms with Crippen LogP contribution in [0.2, 0.25) is 0 Å². The third-order valence-electron chi connectivity index (χ3n) is 6.54. The van der Waals surface area contributed by atoms with Crippen LogP contribution in [0.15, 0.2) is 60.7 Å². The lowest BCUT2D eigenvalue weighted by molar-refractivity contribution is -0.179. The number of benzene rings is 2. The van der Waals surface area contributed by atoms with Gasteiger partial charge in [-0.25, -0.2) is 4.79 Å². The highest BCUT2D eigenvalue weighted by Gasteiger charge is 2.48. The van der Waals surface area contributed by atoms with Crippen LogP contribution in [0.25, 0.3) is 0 Å². The fraction of sp³-hybridized carbons (Fsp3) is 0.480. The lowest BCUT2D eigenvalue weighted by atomic mass is 9.85. The molecular formula is C25H31NO3. The van der Waals surface area contributed by atoms with Gasteiger partial charge in [-0.05, 0) is 50.3 Å². The molecule has 154 valence electrons. The lowest BCUT2D eigenvalue weighted by Crippen LogP contribution is -2.50. The highest BCUT2D eigenvalue weighted by molar-refractivity contribution is 5.86. The Kier molecular flexibility index (Phi) is 6.02. The van der Waals surface area contributed by atoms with Crippen LogP contribution in [0.1, 0.15) is 50.2 Å². The molecule has 2 fully saturated rings. The summed E-state index contributed by atoms with van der Waals surface area (Å²) in [6.07, 6.45) is 5.06. The largest absolute Gasteiger partial charge is 0.458 e. The Labute approximate surface area is 173 Å². The van der Waals surface area contributed by atoms with E-state index in [-0.39, 0.29) is 12.1 Å². The monoisotopic (exact) mass is 393 g/mol. The van der Waals surface area contributed by atoms with Crippen molar-refractivity contribution in [1.82, 2.24) is 4.90 Å². The van der Waals surface area contributed by atoms with E-state index >= 15 is 0 Å². The zero-order valence-corrected chi connectivity index (χ0v) is 17.4. The number of carbonyl (C=O) groups excluding carboxylic acids is 1. The van der Waals surface area contributed by atoms with Gasteiger partial charge in [0.15, 0.2) is 0 Å². The third kappa shape index (κ3) is 3.72. The van der Waals surface area contributed by atoms with E-state index in [4.69, 9.17) is 9.47 Å². The molecule has 29 heavy (non-hydrogen) atoms. The molecule has 2 aliphatic rings. The number of hydrogen-bond acceptors (Lipinski definition) is 4. The molecule has 0 unspecified atom stereocenters. The zero-order chi connectivity index (χ0) is 20.3. The maximum atomic E-state index is 13.9. The predicted octanol–water partition coefficient (Wildman–Crippen LogP) is 4.53. The number of fused-ring (bicyclic) bond motifs is 2. The first-order valence-electron chi connectivity index (χ1n) is 10.8. The van der Waals surface area contributed by atoms with E-state index in [1.165, 1.54) is 6.42 Å². The summed E-state index contributed by atoms with van der Waals surface area (Å²) in [7, 11) is 2.16. The summed E-state index contributed by atoms with van der Waals surface area (Å²) in [6.45, 7) is 2.54. The second-order valence-electron chi connectivity index (χ2n) is 8.25. The number of likely N-dealkylation sites (N-methyl/N-ethyl adjacent to an activating group) is 1. The number of rotatable bonds is 7. The molecule has 2 saturated heterocycles. The molecule has 4 nitrogen and oxygen atoms in total. The van der Waals surface area contributed by atoms with Crippen LogP contribution >= 0.6 is 0 Å². The average molecular weight is 394 g/mol. The summed E-state index contributed by atoms with van der Waals surface area (Å²) in [6, 6.07) is 20.5. The Balaban J connectivity index is 1.72. The number of carbonyl (C=O) groups is 1. The SMILES string of the molecule is CCCOC(C(=O)O[C@@H]1CC[C@@H]2CC[C@H]1N2C)(c1ccccc1)c1ccccc1. The number of piperidine rings is 1. The Hall–Kier alpha value is -2.17. The average Bonchev–Trinajstić information content (AvgIpc) is 2.99. The van der Waals surface area contributed by atoms with Crippen molar-refractivity contribution in [2.45, 2.75) is 62.8 Å². The van der Waals surface area contributed by atoms with Crippen LogP contribution in [0.5, 0.6) is 0 Å². The highest BCUT2D eigenvalue weighted by atomic mass is 16.6. The molecule has 0 aromatic heterocycles. The molecule has 2 bridgehead atoms. The van der Waals surface area contributed by atoms with E-state index in [2.05, 4.69) is 18.9 Å². The first-order chi connectivity index (χ1) is 14.2. The Bertz CT molecular complexity index is 768. The van der Waals surface area contributed by atoms with Gasteiger partial charge in [-0.2, -0.15) is 0 Å². The van der Waals surface area contributed by atoms with Crippen LogP contribution in [0.4, 0.5) is 0 Å². The van der Waals surface area contributed by atoms with Gasteiger partial charge in [-0.3, -0.25) is 4.90 Å². The van der Waals surface area contributed by atoms with E-state index in [0.717, 1.165) is 36.8 Å². The number of nitrogens with zero attached hydrogens (tertiary/aromatic N) is 1. The molecule has 2 aliphatic heterocycles. The fourth-order valence-corrected chi connectivity index (χ4v) is 4.97. The second kappa shape index (κ2) is 8.68. The van der Waals surface area contributed by atoms with E-state index in [9.17, 15) is 4.79 Å². The van der Waals surface area contributed by atoms with Crippen molar-refractivity contribution in [1.29, 1.82) is 0 Å². The van der Waals surface area contributed by atoms with Crippen LogP contribution in [-0.4, -0.2) is 42.7 Å². The zero-order valence-electron chi connectivity index (χ0n) is 17.4. The molecule has 2 aromatic rings. The topological polar surface area (TPSA) is 38.8 Å². The summed E-state index contributed by atoms with van der Waals surface area (Å²) < 4.78 is 12.6. The molecular weight excluding hydrogens is 362 g/mol. The lowest BCUT2D eigenvalue weighted by Gasteiger charge is -2.39. The molecule has 3 atom stereocenters. The molecule has 0 aliphatic carbocycles. The van der Waals surface area contributed by atoms with Crippen molar-refractivity contribution >= 4 is 5.97 Å². The van der Waals surface area contributed by atoms with E-state index < -0.39 is 5.60 Å². The van der Waals surface area contributed by atoms with Gasteiger partial charge >= 0.3 is 5.97 Å². The van der Waals surface area contributed by atoms with Gasteiger partial charge in [0.25, 0.3) is 0 Å². The van der Waals surface area contributed by atoms with Gasteiger partial charge in [-0.15, -0.1) is 0 Å². The highest BCUT2D eigenvalue weighted by Crippen LogP contribution is 2.40. The van der Waals surface area contributed by atoms with Crippen molar-refractivity contribution in [3.05, 3.63) is 71.8 Å². The minimum atomic E-state index is -1.24. The normalized spacial score (nSPS) is 24.4. The molecule has 0 spiro atoms. The second-order valence-corrected chi connectivity index (χ2v) is 8.25. The molecule has 0 amide bonds. The minimum Gasteiger partial charge on any atom is -0.458 e. The quantitative estimate of drug-likeness (QED) is 0.648. The molecule has 0 N–H and O–H groups in total. The van der Waals surface area contributed by atoms with E-state index in [1.807, 2.05) is 60.7 Å². The van der Waals surface area contributed by atoms with E-state index in [0.29, 0.717) is 18.7 Å². The van der Waals surface area contributed by atoms with Gasteiger partial charge in [0.2, 0.25) is 5.60 Å². The first-order valence-corrected chi connectivity index (χ1v) is 10.8. The molecule has 4 heteroatoms. The van der Waals surface area contributed by atoms with Gasteiger partial charge in [0.05, 0.1) is 0 Å². The van der Waals surface area contributed by atoms with E-state index in [1.54, 1.807) is 0 Å². The van der Waals surface area contributed by atoms with Crippen LogP contribution in [0.3, 0.4) is 0 Å².